The molecule has 0 N–H and O–H groups in total. The lowest BCUT2D eigenvalue weighted by molar-refractivity contribution is 1.64. The van der Waals surface area contributed by atoms with Gasteiger partial charge < -0.3 is 0 Å². The van der Waals surface area contributed by atoms with Crippen molar-refractivity contribution >= 4 is 33.4 Å². The SMILES string of the molecule is Ic1cccc2c(-c3ccccc3)cccc12. The average Bonchev–Trinajstić information content (AvgIpc) is 2.40. The minimum atomic E-state index is 1.28. The smallest absolute Gasteiger partial charge is 0.0209 e. The van der Waals surface area contributed by atoms with Crippen molar-refractivity contribution in [2.45, 2.75) is 0 Å². The molecular weight excluding hydrogens is 319 g/mol. The van der Waals surface area contributed by atoms with Gasteiger partial charge in [0.05, 0.1) is 0 Å². The van der Waals surface area contributed by atoms with Gasteiger partial charge in [-0.25, -0.2) is 0 Å². The fraction of sp³-hybridized carbons (Fsp3) is 0. The second-order valence-corrected chi connectivity index (χ2v) is 5.17. The zero-order chi connectivity index (χ0) is 11.7. The number of rotatable bonds is 1. The molecule has 0 nitrogen and oxygen atoms in total. The van der Waals surface area contributed by atoms with Crippen molar-refractivity contribution in [2.75, 3.05) is 0 Å². The standard InChI is InChI=1S/C16H11I/c17-16-11-5-9-14-13(8-4-10-15(14)16)12-6-2-1-3-7-12/h1-11H. The second-order valence-electron chi connectivity index (χ2n) is 4.01. The zero-order valence-corrected chi connectivity index (χ0v) is 11.4. The Hall–Kier alpha value is -1.35. The molecule has 0 amide bonds. The van der Waals surface area contributed by atoms with E-state index >= 15 is 0 Å². The first-order chi connectivity index (χ1) is 8.36. The number of halogens is 1. The minimum absolute atomic E-state index is 1.28. The zero-order valence-electron chi connectivity index (χ0n) is 9.23. The summed E-state index contributed by atoms with van der Waals surface area (Å²) in [5, 5.41) is 2.65. The fourth-order valence-corrected chi connectivity index (χ4v) is 2.82. The van der Waals surface area contributed by atoms with Crippen LogP contribution in [0.2, 0.25) is 0 Å². The summed E-state index contributed by atoms with van der Waals surface area (Å²) in [5.41, 5.74) is 2.58. The monoisotopic (exact) mass is 330 g/mol. The normalized spacial score (nSPS) is 10.6. The van der Waals surface area contributed by atoms with Crippen molar-refractivity contribution in [3.63, 3.8) is 0 Å². The molecule has 3 aromatic rings. The average molecular weight is 330 g/mol. The molecule has 1 heteroatoms. The third kappa shape index (κ3) is 1.95. The molecule has 0 aliphatic rings. The van der Waals surface area contributed by atoms with Crippen molar-refractivity contribution in [3.05, 3.63) is 70.3 Å². The fourth-order valence-electron chi connectivity index (χ4n) is 2.14. The molecule has 0 radical (unpaired) electrons. The Morgan fingerprint density at radius 1 is 0.588 bits per heavy atom. The Bertz CT molecular complexity index is 657. The number of hydrogen-bond acceptors (Lipinski definition) is 0. The maximum Gasteiger partial charge on any atom is 0.0209 e. The van der Waals surface area contributed by atoms with Crippen LogP contribution in [0.1, 0.15) is 0 Å². The van der Waals surface area contributed by atoms with E-state index < -0.39 is 0 Å². The van der Waals surface area contributed by atoms with Crippen LogP contribution < -0.4 is 0 Å². The molecule has 3 rings (SSSR count). The highest BCUT2D eigenvalue weighted by atomic mass is 127. The highest BCUT2D eigenvalue weighted by Crippen LogP contribution is 2.30. The van der Waals surface area contributed by atoms with Crippen molar-refractivity contribution < 1.29 is 0 Å². The van der Waals surface area contributed by atoms with E-state index in [4.69, 9.17) is 0 Å². The topological polar surface area (TPSA) is 0 Å². The first-order valence-corrected chi connectivity index (χ1v) is 6.67. The van der Waals surface area contributed by atoms with Gasteiger partial charge in [0.1, 0.15) is 0 Å². The summed E-state index contributed by atoms with van der Waals surface area (Å²) in [6, 6.07) is 23.5. The van der Waals surface area contributed by atoms with E-state index in [1.165, 1.54) is 25.5 Å². The molecule has 0 aliphatic heterocycles. The van der Waals surface area contributed by atoms with Crippen LogP contribution in [-0.2, 0) is 0 Å². The van der Waals surface area contributed by atoms with Crippen molar-refractivity contribution in [1.82, 2.24) is 0 Å². The Morgan fingerprint density at radius 3 is 2.12 bits per heavy atom. The Morgan fingerprint density at radius 2 is 1.29 bits per heavy atom. The minimum Gasteiger partial charge on any atom is -0.0622 e. The molecule has 3 aromatic carbocycles. The van der Waals surface area contributed by atoms with Gasteiger partial charge in [-0.2, -0.15) is 0 Å². The lowest BCUT2D eigenvalue weighted by Gasteiger charge is -2.07. The summed E-state index contributed by atoms with van der Waals surface area (Å²) in [6.45, 7) is 0. The molecule has 0 aliphatic carbocycles. The van der Waals surface area contributed by atoms with Crippen LogP contribution in [0.4, 0.5) is 0 Å². The van der Waals surface area contributed by atoms with Crippen molar-refractivity contribution in [3.8, 4) is 11.1 Å². The molecule has 0 aromatic heterocycles. The van der Waals surface area contributed by atoms with Crippen LogP contribution >= 0.6 is 22.6 Å². The molecule has 17 heavy (non-hydrogen) atoms. The van der Waals surface area contributed by atoms with Crippen LogP contribution in [-0.4, -0.2) is 0 Å². The molecule has 0 saturated heterocycles. The molecule has 0 atom stereocenters. The second kappa shape index (κ2) is 4.49. The van der Waals surface area contributed by atoms with Gasteiger partial charge in [-0.15, -0.1) is 0 Å². The largest absolute Gasteiger partial charge is 0.0622 e. The summed E-state index contributed by atoms with van der Waals surface area (Å²) in [6.07, 6.45) is 0. The number of hydrogen-bond donors (Lipinski definition) is 0. The third-order valence-electron chi connectivity index (χ3n) is 2.95. The summed E-state index contributed by atoms with van der Waals surface area (Å²) in [7, 11) is 0. The lowest BCUT2D eigenvalue weighted by Crippen LogP contribution is -1.82. The molecule has 82 valence electrons. The quantitative estimate of drug-likeness (QED) is 0.544. The van der Waals surface area contributed by atoms with Gasteiger partial charge in [0, 0.05) is 3.57 Å². The Kier molecular flexibility index (Phi) is 2.85. The maximum atomic E-state index is 2.39. The van der Waals surface area contributed by atoms with Crippen LogP contribution in [0.5, 0.6) is 0 Å². The molecule has 0 heterocycles. The van der Waals surface area contributed by atoms with Gasteiger partial charge in [0.15, 0.2) is 0 Å². The summed E-state index contributed by atoms with van der Waals surface area (Å²) in [4.78, 5) is 0. The van der Waals surface area contributed by atoms with Crippen LogP contribution in [0.15, 0.2) is 66.7 Å². The van der Waals surface area contributed by atoms with E-state index in [2.05, 4.69) is 89.3 Å². The van der Waals surface area contributed by atoms with Crippen LogP contribution in [0.25, 0.3) is 21.9 Å². The van der Waals surface area contributed by atoms with E-state index in [0.29, 0.717) is 0 Å². The molecule has 0 spiro atoms. The van der Waals surface area contributed by atoms with E-state index in [1.807, 2.05) is 0 Å². The van der Waals surface area contributed by atoms with Gasteiger partial charge in [0.25, 0.3) is 0 Å². The van der Waals surface area contributed by atoms with Gasteiger partial charge in [-0.1, -0.05) is 60.7 Å². The predicted molar refractivity (Wildman–Crippen MR) is 82.1 cm³/mol. The Balaban J connectivity index is 2.35. The van der Waals surface area contributed by atoms with E-state index in [9.17, 15) is 0 Å². The summed E-state index contributed by atoms with van der Waals surface area (Å²) in [5.74, 6) is 0. The third-order valence-corrected chi connectivity index (χ3v) is 3.89. The first-order valence-electron chi connectivity index (χ1n) is 5.59. The predicted octanol–water partition coefficient (Wildman–Crippen LogP) is 5.11. The molecular formula is C16H11I. The first kappa shape index (κ1) is 10.8. The molecule has 0 saturated carbocycles. The lowest BCUT2D eigenvalue weighted by atomic mass is 9.98. The molecule has 0 unspecified atom stereocenters. The maximum absolute atomic E-state index is 2.39. The van der Waals surface area contributed by atoms with E-state index in [1.54, 1.807) is 0 Å². The van der Waals surface area contributed by atoms with Crippen molar-refractivity contribution in [1.29, 1.82) is 0 Å². The highest BCUT2D eigenvalue weighted by molar-refractivity contribution is 14.1. The van der Waals surface area contributed by atoms with E-state index in [0.717, 1.165) is 0 Å². The van der Waals surface area contributed by atoms with Gasteiger partial charge in [0.2, 0.25) is 0 Å². The number of fused-ring (bicyclic) bond motifs is 1. The van der Waals surface area contributed by atoms with Crippen molar-refractivity contribution in [2.24, 2.45) is 0 Å². The van der Waals surface area contributed by atoms with Gasteiger partial charge in [-0.05, 0) is 50.6 Å². The van der Waals surface area contributed by atoms with Crippen LogP contribution in [0, 0.1) is 3.57 Å². The highest BCUT2D eigenvalue weighted by Gasteiger charge is 2.04. The molecule has 0 fully saturated rings. The molecule has 0 bridgehead atoms. The summed E-state index contributed by atoms with van der Waals surface area (Å²) < 4.78 is 1.30. The van der Waals surface area contributed by atoms with E-state index in [-0.39, 0.29) is 0 Å². The van der Waals surface area contributed by atoms with Crippen LogP contribution in [0.3, 0.4) is 0 Å². The number of benzene rings is 3. The van der Waals surface area contributed by atoms with Gasteiger partial charge in [-0.3, -0.25) is 0 Å². The van der Waals surface area contributed by atoms with Gasteiger partial charge >= 0.3 is 0 Å². The Labute approximate surface area is 114 Å². The summed E-state index contributed by atoms with van der Waals surface area (Å²) >= 11 is 2.39.